The van der Waals surface area contributed by atoms with Crippen LogP contribution in [0.15, 0.2) is 72.9 Å². The van der Waals surface area contributed by atoms with Crippen LogP contribution in [-0.2, 0) is 4.79 Å². The summed E-state index contributed by atoms with van der Waals surface area (Å²) in [7, 11) is 0. The molecule has 39 heavy (non-hydrogen) atoms. The Kier molecular flexibility index (Phi) is 7.73. The summed E-state index contributed by atoms with van der Waals surface area (Å²) in [5.74, 6) is -0.0489. The molecule has 0 radical (unpaired) electrons. The maximum Gasteiger partial charge on any atom is 0.226 e. The third-order valence-electron chi connectivity index (χ3n) is 7.47. The van der Waals surface area contributed by atoms with Gasteiger partial charge in [0, 0.05) is 46.9 Å². The molecule has 4 aromatic rings. The number of aromatic nitrogens is 2. The molecule has 3 heterocycles. The summed E-state index contributed by atoms with van der Waals surface area (Å²) in [4.78, 5) is 19.8. The second-order valence-electron chi connectivity index (χ2n) is 9.98. The van der Waals surface area contributed by atoms with Crippen molar-refractivity contribution in [1.29, 1.82) is 0 Å². The van der Waals surface area contributed by atoms with Crippen LogP contribution in [0, 0.1) is 27.7 Å². The van der Waals surface area contributed by atoms with E-state index in [4.69, 9.17) is 23.8 Å². The zero-order valence-electron chi connectivity index (χ0n) is 22.5. The lowest BCUT2D eigenvalue weighted by molar-refractivity contribution is -0.116. The van der Waals surface area contributed by atoms with Crippen molar-refractivity contribution in [1.82, 2.24) is 19.8 Å². The molecule has 1 fully saturated rings. The largest absolute Gasteiger partial charge is 0.352 e. The molecule has 2 unspecified atom stereocenters. The molecule has 0 aliphatic carbocycles. The Morgan fingerprint density at radius 1 is 1.05 bits per heavy atom. The van der Waals surface area contributed by atoms with Crippen molar-refractivity contribution in [3.63, 3.8) is 0 Å². The topological polar surface area (TPSA) is 62.2 Å². The van der Waals surface area contributed by atoms with Crippen molar-refractivity contribution in [3.8, 4) is 5.69 Å². The molecule has 2 atom stereocenters. The number of para-hydroxylation sites is 1. The number of hydrogen-bond donors (Lipinski definition) is 2. The first kappa shape index (κ1) is 26.9. The molecule has 1 saturated heterocycles. The molecule has 200 valence electrons. The monoisotopic (exact) mass is 557 g/mol. The number of hydrogen-bond acceptors (Lipinski definition) is 3. The van der Waals surface area contributed by atoms with Crippen molar-refractivity contribution in [3.05, 3.63) is 112 Å². The van der Waals surface area contributed by atoms with Crippen LogP contribution in [0.25, 0.3) is 5.69 Å². The minimum Gasteiger partial charge on any atom is -0.352 e. The standard InChI is InChI=1S/C31H32ClN5OS/c1-19-10-5-6-12-25(19)34-28(38)15-17-36-30(29(35-31(36)39)26-13-7-8-16-33-26)23-18-20(2)37(22(23)4)27-14-9-11-24(32)21(27)3/h5-14,16,18,29-30H,15,17H2,1-4H3,(H,34,38)(H,35,39). The minimum absolute atomic E-state index is 0.0489. The highest BCUT2D eigenvalue weighted by Crippen LogP contribution is 2.42. The molecule has 6 nitrogen and oxygen atoms in total. The van der Waals surface area contributed by atoms with Gasteiger partial charge in [0.15, 0.2) is 5.11 Å². The number of carbonyl (C=O) groups is 1. The Morgan fingerprint density at radius 2 is 1.82 bits per heavy atom. The van der Waals surface area contributed by atoms with Gasteiger partial charge in [0.05, 0.1) is 17.8 Å². The van der Waals surface area contributed by atoms with Crippen LogP contribution in [0.4, 0.5) is 5.69 Å². The van der Waals surface area contributed by atoms with E-state index >= 15 is 0 Å². The van der Waals surface area contributed by atoms with E-state index in [9.17, 15) is 4.79 Å². The number of carbonyl (C=O) groups excluding carboxylic acids is 1. The lowest BCUT2D eigenvalue weighted by Crippen LogP contribution is -2.33. The molecule has 0 spiro atoms. The molecular formula is C31H32ClN5OS. The second kappa shape index (κ2) is 11.2. The molecule has 8 heteroatoms. The van der Waals surface area contributed by atoms with E-state index < -0.39 is 0 Å². The van der Waals surface area contributed by atoms with Crippen molar-refractivity contribution in [2.75, 3.05) is 11.9 Å². The SMILES string of the molecule is Cc1ccccc1NC(=O)CCN1C(=S)NC(c2ccccn2)C1c1cc(C)n(-c2cccc(Cl)c2C)c1C. The normalized spacial score (nSPS) is 16.8. The molecule has 1 aliphatic rings. The average molecular weight is 558 g/mol. The Balaban J connectivity index is 1.50. The highest BCUT2D eigenvalue weighted by Gasteiger charge is 2.41. The molecule has 1 aliphatic heterocycles. The number of thiocarbonyl (C=S) groups is 1. The molecule has 1 amide bonds. The number of rotatable bonds is 7. The predicted octanol–water partition coefficient (Wildman–Crippen LogP) is 6.76. The fourth-order valence-corrected chi connectivity index (χ4v) is 5.93. The van der Waals surface area contributed by atoms with Gasteiger partial charge in [0.25, 0.3) is 0 Å². The van der Waals surface area contributed by atoms with Gasteiger partial charge in [-0.25, -0.2) is 0 Å². The number of nitrogens with one attached hydrogen (secondary N) is 2. The van der Waals surface area contributed by atoms with Gasteiger partial charge in [-0.15, -0.1) is 0 Å². The lowest BCUT2D eigenvalue weighted by Gasteiger charge is -2.28. The van der Waals surface area contributed by atoms with Gasteiger partial charge in [-0.3, -0.25) is 9.78 Å². The number of nitrogens with zero attached hydrogens (tertiary/aromatic N) is 3. The Morgan fingerprint density at radius 3 is 2.56 bits per heavy atom. The van der Waals surface area contributed by atoms with Gasteiger partial charge < -0.3 is 20.1 Å². The molecule has 0 bridgehead atoms. The van der Waals surface area contributed by atoms with Gasteiger partial charge in [-0.05, 0) is 93.0 Å². The molecule has 5 rings (SSSR count). The zero-order valence-corrected chi connectivity index (χ0v) is 24.1. The highest BCUT2D eigenvalue weighted by molar-refractivity contribution is 7.80. The van der Waals surface area contributed by atoms with Gasteiger partial charge in [0.1, 0.15) is 0 Å². The highest BCUT2D eigenvalue weighted by atomic mass is 35.5. The summed E-state index contributed by atoms with van der Waals surface area (Å²) in [6.45, 7) is 8.73. The summed E-state index contributed by atoms with van der Waals surface area (Å²) < 4.78 is 2.25. The number of pyridine rings is 1. The van der Waals surface area contributed by atoms with Crippen LogP contribution in [0.1, 0.15) is 52.3 Å². The van der Waals surface area contributed by atoms with Crippen LogP contribution in [0.2, 0.25) is 5.02 Å². The third-order valence-corrected chi connectivity index (χ3v) is 8.23. The molecular weight excluding hydrogens is 526 g/mol. The van der Waals surface area contributed by atoms with E-state index in [1.165, 1.54) is 0 Å². The first-order valence-electron chi connectivity index (χ1n) is 13.0. The van der Waals surface area contributed by atoms with Crippen LogP contribution in [-0.4, -0.2) is 32.0 Å². The Hall–Kier alpha value is -3.68. The summed E-state index contributed by atoms with van der Waals surface area (Å²) in [6, 6.07) is 21.6. The second-order valence-corrected chi connectivity index (χ2v) is 10.8. The van der Waals surface area contributed by atoms with Crippen LogP contribution in [0.5, 0.6) is 0 Å². The smallest absolute Gasteiger partial charge is 0.226 e. The van der Waals surface area contributed by atoms with Gasteiger partial charge in [0.2, 0.25) is 5.91 Å². The lowest BCUT2D eigenvalue weighted by atomic mass is 9.96. The number of aryl methyl sites for hydroxylation is 2. The third kappa shape index (κ3) is 5.29. The first-order valence-corrected chi connectivity index (χ1v) is 13.8. The fourth-order valence-electron chi connectivity index (χ4n) is 5.43. The number of amides is 1. The predicted molar refractivity (Wildman–Crippen MR) is 162 cm³/mol. The van der Waals surface area contributed by atoms with E-state index in [0.717, 1.165) is 50.2 Å². The van der Waals surface area contributed by atoms with Crippen molar-refractivity contribution >= 4 is 40.5 Å². The fraction of sp³-hybridized carbons (Fsp3) is 0.258. The maximum atomic E-state index is 13.0. The quantitative estimate of drug-likeness (QED) is 0.246. The zero-order chi connectivity index (χ0) is 27.7. The van der Waals surface area contributed by atoms with E-state index in [1.54, 1.807) is 6.20 Å². The summed E-state index contributed by atoms with van der Waals surface area (Å²) >= 11 is 12.3. The van der Waals surface area contributed by atoms with E-state index in [2.05, 4.69) is 51.1 Å². The van der Waals surface area contributed by atoms with Crippen LogP contribution in [0.3, 0.4) is 0 Å². The first-order chi connectivity index (χ1) is 18.8. The number of benzene rings is 2. The molecule has 2 N–H and O–H groups in total. The minimum atomic E-state index is -0.160. The summed E-state index contributed by atoms with van der Waals surface area (Å²) in [5.41, 5.74) is 8.17. The van der Waals surface area contributed by atoms with Crippen LogP contribution < -0.4 is 10.6 Å². The van der Waals surface area contributed by atoms with Crippen molar-refractivity contribution in [2.45, 2.75) is 46.2 Å². The average Bonchev–Trinajstić information content (AvgIpc) is 3.40. The number of halogens is 1. The van der Waals surface area contributed by atoms with E-state index in [-0.39, 0.29) is 18.0 Å². The maximum absolute atomic E-state index is 13.0. The molecule has 0 saturated carbocycles. The summed E-state index contributed by atoms with van der Waals surface area (Å²) in [5, 5.41) is 7.89. The Labute approximate surface area is 240 Å². The summed E-state index contributed by atoms with van der Waals surface area (Å²) in [6.07, 6.45) is 2.10. The van der Waals surface area contributed by atoms with E-state index in [0.29, 0.717) is 18.1 Å². The van der Waals surface area contributed by atoms with Gasteiger partial charge >= 0.3 is 0 Å². The Bertz CT molecular complexity index is 1530. The number of anilines is 1. The van der Waals surface area contributed by atoms with E-state index in [1.807, 2.05) is 68.4 Å². The van der Waals surface area contributed by atoms with Crippen molar-refractivity contribution < 1.29 is 4.79 Å². The van der Waals surface area contributed by atoms with Crippen LogP contribution >= 0.6 is 23.8 Å². The van der Waals surface area contributed by atoms with Gasteiger partial charge in [-0.1, -0.05) is 41.9 Å². The van der Waals surface area contributed by atoms with Gasteiger partial charge in [-0.2, -0.15) is 0 Å². The van der Waals surface area contributed by atoms with Crippen molar-refractivity contribution in [2.24, 2.45) is 0 Å². The molecule has 2 aromatic heterocycles. The molecule has 2 aromatic carbocycles.